The van der Waals surface area contributed by atoms with Gasteiger partial charge in [-0.3, -0.25) is 4.79 Å². The Morgan fingerprint density at radius 2 is 2.14 bits per heavy atom. The normalized spacial score (nSPS) is 10.7. The number of furan rings is 1. The molecule has 1 amide bonds. The molecule has 0 bridgehead atoms. The third-order valence-corrected chi connectivity index (χ3v) is 3.52. The van der Waals surface area contributed by atoms with Crippen LogP contribution in [0.3, 0.4) is 0 Å². The smallest absolute Gasteiger partial charge is 0.277 e. The molecule has 0 saturated heterocycles. The number of rotatable bonds is 6. The summed E-state index contributed by atoms with van der Waals surface area (Å²) in [5.74, 6) is 1.61. The Kier molecular flexibility index (Phi) is 5.82. The van der Waals surface area contributed by atoms with Gasteiger partial charge in [-0.25, -0.2) is 5.43 Å². The summed E-state index contributed by atoms with van der Waals surface area (Å²) >= 11 is 2.15. The van der Waals surface area contributed by atoms with Crippen molar-refractivity contribution >= 4 is 40.6 Å². The van der Waals surface area contributed by atoms with E-state index >= 15 is 0 Å². The van der Waals surface area contributed by atoms with Gasteiger partial charge in [-0.15, -0.1) is 0 Å². The van der Waals surface area contributed by atoms with Crippen molar-refractivity contribution in [3.8, 4) is 5.75 Å². The van der Waals surface area contributed by atoms with Gasteiger partial charge in [0.2, 0.25) is 0 Å². The van der Waals surface area contributed by atoms with Crippen LogP contribution >= 0.6 is 22.6 Å². The van der Waals surface area contributed by atoms with Crippen molar-refractivity contribution in [1.82, 2.24) is 5.43 Å². The third-order valence-electron chi connectivity index (χ3n) is 2.63. The molecule has 0 atom stereocenters. The Labute approximate surface area is 142 Å². The van der Waals surface area contributed by atoms with Gasteiger partial charge in [-0.1, -0.05) is 12.1 Å². The number of amides is 1. The number of carbonyl (C=O) groups is 1. The molecule has 2 rings (SSSR count). The van der Waals surface area contributed by atoms with Crippen LogP contribution < -0.4 is 15.1 Å². The van der Waals surface area contributed by atoms with Crippen molar-refractivity contribution < 1.29 is 13.9 Å². The number of anilines is 1. The van der Waals surface area contributed by atoms with Gasteiger partial charge in [0.05, 0.1) is 9.78 Å². The maximum atomic E-state index is 11.6. The Hall–Kier alpha value is -2.03. The van der Waals surface area contributed by atoms with Crippen molar-refractivity contribution in [2.45, 2.75) is 0 Å². The Balaban J connectivity index is 1.80. The first-order chi connectivity index (χ1) is 10.6. The summed E-state index contributed by atoms with van der Waals surface area (Å²) in [7, 11) is 3.76. The molecule has 0 unspecified atom stereocenters. The second kappa shape index (κ2) is 7.83. The van der Waals surface area contributed by atoms with E-state index in [1.165, 1.54) is 6.21 Å². The SMILES string of the molecule is CN(C)c1ccc(/C=N/NC(=O)COc2ccccc2I)o1. The van der Waals surface area contributed by atoms with E-state index in [9.17, 15) is 4.79 Å². The maximum Gasteiger partial charge on any atom is 0.277 e. The first kappa shape index (κ1) is 16.3. The number of hydrogen-bond acceptors (Lipinski definition) is 5. The second-order valence-electron chi connectivity index (χ2n) is 4.58. The van der Waals surface area contributed by atoms with Crippen LogP contribution in [0.25, 0.3) is 0 Å². The van der Waals surface area contributed by atoms with Crippen molar-refractivity contribution in [2.24, 2.45) is 5.10 Å². The molecule has 1 N–H and O–H groups in total. The molecule has 6 nitrogen and oxygen atoms in total. The topological polar surface area (TPSA) is 67.1 Å². The Morgan fingerprint density at radius 3 is 2.82 bits per heavy atom. The number of halogens is 1. The second-order valence-corrected chi connectivity index (χ2v) is 5.74. The molecular weight excluding hydrogens is 397 g/mol. The van der Waals surface area contributed by atoms with E-state index in [-0.39, 0.29) is 12.5 Å². The number of nitrogens with one attached hydrogen (secondary N) is 1. The van der Waals surface area contributed by atoms with Crippen LogP contribution in [-0.2, 0) is 4.79 Å². The van der Waals surface area contributed by atoms with Crippen molar-refractivity contribution in [3.63, 3.8) is 0 Å². The molecule has 1 aromatic heterocycles. The predicted molar refractivity (Wildman–Crippen MR) is 93.4 cm³/mol. The summed E-state index contributed by atoms with van der Waals surface area (Å²) in [6.45, 7) is -0.0988. The standard InChI is InChI=1S/C15H16IN3O3/c1-19(2)15-8-7-11(22-15)9-17-18-14(20)10-21-13-6-4-3-5-12(13)16/h3-9H,10H2,1-2H3,(H,18,20)/b17-9+. The zero-order valence-electron chi connectivity index (χ0n) is 12.2. The van der Waals surface area contributed by atoms with Crippen LogP contribution in [0.1, 0.15) is 5.76 Å². The lowest BCUT2D eigenvalue weighted by molar-refractivity contribution is -0.123. The van der Waals surface area contributed by atoms with E-state index in [0.717, 1.165) is 9.45 Å². The Bertz CT molecular complexity index is 668. The molecule has 0 aliphatic carbocycles. The lowest BCUT2D eigenvalue weighted by Crippen LogP contribution is -2.24. The molecule has 22 heavy (non-hydrogen) atoms. The highest BCUT2D eigenvalue weighted by Crippen LogP contribution is 2.19. The maximum absolute atomic E-state index is 11.6. The molecule has 0 saturated carbocycles. The molecule has 2 aromatic rings. The summed E-state index contributed by atoms with van der Waals surface area (Å²) in [5.41, 5.74) is 2.39. The fourth-order valence-corrected chi connectivity index (χ4v) is 2.10. The molecule has 7 heteroatoms. The number of nitrogens with zero attached hydrogens (tertiary/aromatic N) is 2. The molecule has 0 radical (unpaired) electrons. The largest absolute Gasteiger partial charge is 0.483 e. The van der Waals surface area contributed by atoms with Gasteiger partial charge >= 0.3 is 0 Å². The number of carbonyl (C=O) groups excluding carboxylic acids is 1. The van der Waals surface area contributed by atoms with Gasteiger partial charge in [0.1, 0.15) is 11.5 Å². The predicted octanol–water partition coefficient (Wildman–Crippen LogP) is 2.48. The van der Waals surface area contributed by atoms with Gasteiger partial charge in [-0.2, -0.15) is 5.10 Å². The summed E-state index contributed by atoms with van der Waals surface area (Å²) < 4.78 is 11.8. The van der Waals surface area contributed by atoms with Crippen LogP contribution in [0.5, 0.6) is 5.75 Å². The van der Waals surface area contributed by atoms with Gasteiger partial charge in [-0.05, 0) is 40.8 Å². The fourth-order valence-electron chi connectivity index (χ4n) is 1.56. The first-order valence-corrected chi connectivity index (χ1v) is 7.60. The van der Waals surface area contributed by atoms with Crippen molar-refractivity contribution in [3.05, 3.63) is 45.7 Å². The summed E-state index contributed by atoms with van der Waals surface area (Å²) in [6, 6.07) is 11.1. The van der Waals surface area contributed by atoms with Crippen LogP contribution in [0.15, 0.2) is 45.9 Å². The molecule has 0 aliphatic rings. The van der Waals surface area contributed by atoms with E-state index in [1.54, 1.807) is 6.07 Å². The monoisotopic (exact) mass is 413 g/mol. The van der Waals surface area contributed by atoms with E-state index in [4.69, 9.17) is 9.15 Å². The molecule has 1 aromatic carbocycles. The molecule has 116 valence electrons. The van der Waals surface area contributed by atoms with E-state index in [0.29, 0.717) is 11.5 Å². The number of benzene rings is 1. The van der Waals surface area contributed by atoms with Crippen LogP contribution in [0.4, 0.5) is 5.88 Å². The van der Waals surface area contributed by atoms with Crippen LogP contribution in [-0.4, -0.2) is 32.8 Å². The number of hydrazone groups is 1. The number of hydrogen-bond donors (Lipinski definition) is 1. The highest BCUT2D eigenvalue weighted by Gasteiger charge is 2.04. The average Bonchev–Trinajstić information content (AvgIpc) is 2.95. The van der Waals surface area contributed by atoms with E-state index in [2.05, 4.69) is 33.1 Å². The molecule has 0 spiro atoms. The minimum atomic E-state index is -0.338. The van der Waals surface area contributed by atoms with Gasteiger partial charge in [0, 0.05) is 20.2 Å². The van der Waals surface area contributed by atoms with Gasteiger partial charge < -0.3 is 14.1 Å². The number of para-hydroxylation sites is 1. The van der Waals surface area contributed by atoms with Crippen LogP contribution in [0.2, 0.25) is 0 Å². The highest BCUT2D eigenvalue weighted by atomic mass is 127. The zero-order valence-corrected chi connectivity index (χ0v) is 14.4. The lowest BCUT2D eigenvalue weighted by Gasteiger charge is -2.06. The molecule has 1 heterocycles. The zero-order chi connectivity index (χ0) is 15.9. The third kappa shape index (κ3) is 4.76. The quantitative estimate of drug-likeness (QED) is 0.449. The molecular formula is C15H16IN3O3. The Morgan fingerprint density at radius 1 is 1.36 bits per heavy atom. The highest BCUT2D eigenvalue weighted by molar-refractivity contribution is 14.1. The average molecular weight is 413 g/mol. The fraction of sp³-hybridized carbons (Fsp3) is 0.200. The summed E-state index contributed by atoms with van der Waals surface area (Å²) in [6.07, 6.45) is 1.44. The van der Waals surface area contributed by atoms with Gasteiger partial charge in [0.15, 0.2) is 12.5 Å². The van der Waals surface area contributed by atoms with Crippen molar-refractivity contribution in [1.29, 1.82) is 0 Å². The van der Waals surface area contributed by atoms with Crippen molar-refractivity contribution in [2.75, 3.05) is 25.6 Å². The minimum absolute atomic E-state index is 0.0988. The molecule has 0 aliphatic heterocycles. The summed E-state index contributed by atoms with van der Waals surface area (Å²) in [5, 5.41) is 3.83. The van der Waals surface area contributed by atoms with Crippen LogP contribution in [0, 0.1) is 3.57 Å². The van der Waals surface area contributed by atoms with E-state index < -0.39 is 0 Å². The first-order valence-electron chi connectivity index (χ1n) is 6.52. The van der Waals surface area contributed by atoms with Gasteiger partial charge in [0.25, 0.3) is 5.91 Å². The lowest BCUT2D eigenvalue weighted by atomic mass is 10.3. The molecule has 0 fully saturated rings. The minimum Gasteiger partial charge on any atom is -0.483 e. The van der Waals surface area contributed by atoms with E-state index in [1.807, 2.05) is 49.3 Å². The number of ether oxygens (including phenoxy) is 1. The summed E-state index contributed by atoms with van der Waals surface area (Å²) in [4.78, 5) is 13.5.